The lowest BCUT2D eigenvalue weighted by molar-refractivity contribution is -0.302. The molecule has 0 saturated carbocycles. The highest BCUT2D eigenvalue weighted by Gasteiger charge is 2.52. The van der Waals surface area contributed by atoms with Gasteiger partial charge in [-0.1, -0.05) is 94.5 Å². The third kappa shape index (κ3) is 12.4. The molecule has 1 fully saturated rings. The van der Waals surface area contributed by atoms with Crippen molar-refractivity contribution in [3.05, 3.63) is 135 Å². The zero-order chi connectivity index (χ0) is 40.8. The van der Waals surface area contributed by atoms with E-state index in [9.17, 15) is 4.79 Å². The van der Waals surface area contributed by atoms with Crippen molar-refractivity contribution in [3.8, 4) is 17.2 Å². The number of carbonyl (C=O) groups is 1. The maximum atomic E-state index is 14.1. The first kappa shape index (κ1) is 43.4. The molecule has 302 valence electrons. The van der Waals surface area contributed by atoms with Crippen molar-refractivity contribution in [2.45, 2.75) is 60.9 Å². The Balaban J connectivity index is 1.54. The van der Waals surface area contributed by atoms with Gasteiger partial charge < -0.3 is 42.6 Å². The maximum absolute atomic E-state index is 14.1. The molecule has 5 atom stereocenters. The van der Waals surface area contributed by atoms with E-state index in [-0.39, 0.29) is 38.5 Å². The fourth-order valence-corrected chi connectivity index (χ4v) is 5.94. The predicted octanol–water partition coefficient (Wildman–Crippen LogP) is 8.52. The molecule has 0 spiro atoms. The number of alkyl halides is 3. The van der Waals surface area contributed by atoms with Gasteiger partial charge in [0.1, 0.15) is 35.6 Å². The number of hydrogen-bond donors (Lipinski definition) is 1. The Labute approximate surface area is 344 Å². The number of azide groups is 1. The normalized spacial score (nSPS) is 19.2. The fourth-order valence-electron chi connectivity index (χ4n) is 5.80. The van der Waals surface area contributed by atoms with Gasteiger partial charge in [-0.3, -0.25) is 5.41 Å². The van der Waals surface area contributed by atoms with Crippen LogP contribution < -0.4 is 14.2 Å². The second-order valence-corrected chi connectivity index (χ2v) is 14.8. The number of esters is 1. The van der Waals surface area contributed by atoms with Gasteiger partial charge in [0, 0.05) is 4.91 Å². The highest BCUT2D eigenvalue weighted by atomic mass is 35.6. The van der Waals surface area contributed by atoms with Gasteiger partial charge in [-0.05, 0) is 70.2 Å². The molecule has 0 aromatic heterocycles. The predicted molar refractivity (Wildman–Crippen MR) is 212 cm³/mol. The van der Waals surface area contributed by atoms with E-state index in [0.717, 1.165) is 16.7 Å². The number of ether oxygens (including phenoxy) is 9. The highest BCUT2D eigenvalue weighted by molar-refractivity contribution is 6.76. The Morgan fingerprint density at radius 3 is 1.75 bits per heavy atom. The van der Waals surface area contributed by atoms with E-state index < -0.39 is 46.4 Å². The van der Waals surface area contributed by atoms with E-state index in [1.165, 1.54) is 6.07 Å². The average molecular weight is 844 g/mol. The smallest absolute Gasteiger partial charge is 0.339 e. The molecule has 57 heavy (non-hydrogen) atoms. The highest BCUT2D eigenvalue weighted by Crippen LogP contribution is 2.35. The molecule has 1 aliphatic heterocycles. The van der Waals surface area contributed by atoms with Crippen LogP contribution in [0.25, 0.3) is 10.4 Å². The Kier molecular flexibility index (Phi) is 16.1. The summed E-state index contributed by atoms with van der Waals surface area (Å²) in [5.41, 5.74) is 11.9. The molecule has 1 saturated heterocycles. The Morgan fingerprint density at radius 1 is 0.737 bits per heavy atom. The van der Waals surface area contributed by atoms with Crippen LogP contribution in [-0.2, 0) is 54.8 Å². The quantitative estimate of drug-likeness (QED) is 0.0195. The van der Waals surface area contributed by atoms with E-state index in [1.807, 2.05) is 48.5 Å². The zero-order valence-corrected chi connectivity index (χ0v) is 33.5. The lowest BCUT2D eigenvalue weighted by atomic mass is 9.97. The van der Waals surface area contributed by atoms with Gasteiger partial charge in [-0.2, -0.15) is 0 Å². The third-order valence-corrected chi connectivity index (χ3v) is 9.30. The van der Waals surface area contributed by atoms with Gasteiger partial charge in [0.25, 0.3) is 3.79 Å². The Bertz CT molecular complexity index is 1960. The molecule has 1 N–H and O–H groups in total. The molecule has 0 radical (unpaired) electrons. The van der Waals surface area contributed by atoms with Crippen LogP contribution in [-0.4, -0.2) is 74.3 Å². The lowest BCUT2D eigenvalue weighted by Crippen LogP contribution is -2.62. The summed E-state index contributed by atoms with van der Waals surface area (Å²) in [7, 11) is 4.72. The number of rotatable bonds is 18. The second-order valence-electron chi connectivity index (χ2n) is 12.5. The summed E-state index contributed by atoms with van der Waals surface area (Å²) in [6, 6.07) is 28.3. The summed E-state index contributed by atoms with van der Waals surface area (Å²) in [5.74, 6) is 0.365. The number of hydrogen-bond acceptors (Lipinski definition) is 12. The van der Waals surface area contributed by atoms with Gasteiger partial charge in [0.05, 0.1) is 59.9 Å². The van der Waals surface area contributed by atoms with Crippen LogP contribution in [0.4, 0.5) is 0 Å². The van der Waals surface area contributed by atoms with Gasteiger partial charge in [0.2, 0.25) is 12.2 Å². The average Bonchev–Trinajstić information content (AvgIpc) is 3.22. The minimum Gasteiger partial charge on any atom is -0.497 e. The molecule has 5 rings (SSSR count). The van der Waals surface area contributed by atoms with Crippen molar-refractivity contribution in [1.29, 1.82) is 5.41 Å². The van der Waals surface area contributed by atoms with Gasteiger partial charge >= 0.3 is 5.97 Å². The Morgan fingerprint density at radius 2 is 1.25 bits per heavy atom. The van der Waals surface area contributed by atoms with Gasteiger partial charge in [-0.15, -0.1) is 0 Å². The van der Waals surface area contributed by atoms with Crippen LogP contribution in [0.2, 0.25) is 0 Å². The number of nitrogens with one attached hydrogen (secondary N) is 1. The van der Waals surface area contributed by atoms with Crippen molar-refractivity contribution >= 4 is 46.7 Å². The number of methoxy groups -OCH3 is 3. The molecule has 1 heterocycles. The monoisotopic (exact) mass is 842 g/mol. The number of halogens is 3. The molecular weight excluding hydrogens is 803 g/mol. The van der Waals surface area contributed by atoms with E-state index in [4.69, 9.17) is 88.4 Å². The van der Waals surface area contributed by atoms with Crippen LogP contribution >= 0.6 is 34.8 Å². The first-order valence-electron chi connectivity index (χ1n) is 17.5. The summed E-state index contributed by atoms with van der Waals surface area (Å²) in [6.07, 6.45) is -6.09. The van der Waals surface area contributed by atoms with Crippen LogP contribution in [0.3, 0.4) is 0 Å². The largest absolute Gasteiger partial charge is 0.497 e. The summed E-state index contributed by atoms with van der Waals surface area (Å²) in [6.45, 7) is 0.0627. The molecular formula is C40H41Cl3N4O10. The molecule has 0 bridgehead atoms. The summed E-state index contributed by atoms with van der Waals surface area (Å²) in [4.78, 5) is 16.9. The van der Waals surface area contributed by atoms with Crippen molar-refractivity contribution < 1.29 is 47.4 Å². The number of carbonyl (C=O) groups excluding carboxylic acids is 1. The van der Waals surface area contributed by atoms with E-state index in [2.05, 4.69) is 10.0 Å². The zero-order valence-electron chi connectivity index (χ0n) is 31.2. The molecule has 4 aromatic carbocycles. The first-order valence-corrected chi connectivity index (χ1v) is 18.6. The fraction of sp³-hybridized carbons (Fsp3) is 0.350. The van der Waals surface area contributed by atoms with E-state index in [1.54, 1.807) is 63.8 Å². The SMILES string of the molecule is COc1ccc(COC[C@H]2OC(OC(=N)C(Cl)(Cl)Cl)[C@H](OC(=O)c3ccccc3CN=[N+]=[N-])[C@@H](OCc3ccc(OC)cc3)[C@@H]2OCc2ccc(OC)cc2)cc1. The van der Waals surface area contributed by atoms with E-state index >= 15 is 0 Å². The minimum absolute atomic E-state index is 0.00657. The minimum atomic E-state index is -2.30. The third-order valence-electron chi connectivity index (χ3n) is 8.78. The lowest BCUT2D eigenvalue weighted by Gasteiger charge is -2.45. The van der Waals surface area contributed by atoms with E-state index in [0.29, 0.717) is 22.8 Å². The van der Waals surface area contributed by atoms with Crippen molar-refractivity contribution in [3.63, 3.8) is 0 Å². The molecule has 0 amide bonds. The maximum Gasteiger partial charge on any atom is 0.339 e. The first-order chi connectivity index (χ1) is 27.5. The van der Waals surface area contributed by atoms with Crippen molar-refractivity contribution in [1.82, 2.24) is 0 Å². The second kappa shape index (κ2) is 21.1. The molecule has 1 unspecified atom stereocenters. The number of benzene rings is 4. The van der Waals surface area contributed by atoms with Crippen LogP contribution in [0.15, 0.2) is 102 Å². The summed E-state index contributed by atoms with van der Waals surface area (Å²) in [5, 5.41) is 12.1. The Hall–Kier alpha value is -4.76. The number of nitrogens with zero attached hydrogens (tertiary/aromatic N) is 3. The molecule has 4 aromatic rings. The summed E-state index contributed by atoms with van der Waals surface area (Å²) < 4.78 is 51.5. The summed E-state index contributed by atoms with van der Waals surface area (Å²) >= 11 is 18.2. The van der Waals surface area contributed by atoms with Gasteiger partial charge in [-0.25, -0.2) is 4.79 Å². The molecule has 0 aliphatic carbocycles. The van der Waals surface area contributed by atoms with Crippen LogP contribution in [0.1, 0.15) is 32.6 Å². The molecule has 17 heteroatoms. The molecule has 1 aliphatic rings. The van der Waals surface area contributed by atoms with Crippen LogP contribution in [0, 0.1) is 5.41 Å². The van der Waals surface area contributed by atoms with Crippen LogP contribution in [0.5, 0.6) is 17.2 Å². The van der Waals surface area contributed by atoms with Gasteiger partial charge in [0.15, 0.2) is 6.10 Å². The standard InChI is InChI=1S/C40H41Cl3N4O10/c1-49-29-14-8-25(9-15-29)21-52-24-33-34(53-22-26-10-16-30(50-2)17-11-26)35(54-23-27-12-18-31(51-3)19-13-27)36(38(55-33)57-39(44)40(41,42)43)56-37(48)32-7-5-4-6-28(32)20-46-47-45/h4-19,33-36,38,44H,20-24H2,1-3H3/t33-,34-,35+,36-,38?/m1/s1. The molecule has 14 nitrogen and oxygen atoms in total. The van der Waals surface area contributed by atoms with Crippen molar-refractivity contribution in [2.24, 2.45) is 5.11 Å². The van der Waals surface area contributed by atoms with Crippen molar-refractivity contribution in [2.75, 3.05) is 27.9 Å². The topological polar surface area (TPSA) is 173 Å².